The molecular formula is C22H29ClN4O5S. The Balaban J connectivity index is 1.51. The van der Waals surface area contributed by atoms with Crippen molar-refractivity contribution in [3.05, 3.63) is 41.0 Å². The highest BCUT2D eigenvalue weighted by Crippen LogP contribution is 2.29. The number of hydrogen-bond donors (Lipinski definition) is 2. The van der Waals surface area contributed by atoms with Crippen LogP contribution in [0.5, 0.6) is 0 Å². The van der Waals surface area contributed by atoms with Gasteiger partial charge in [-0.3, -0.25) is 0 Å². The molecule has 180 valence electrons. The molecule has 1 aromatic carbocycles. The fourth-order valence-corrected chi connectivity index (χ4v) is 3.97. The number of rotatable bonds is 14. The Morgan fingerprint density at radius 3 is 2.76 bits per heavy atom. The first-order valence-electron chi connectivity index (χ1n) is 10.8. The number of ether oxygens (including phenoxy) is 4. The van der Waals surface area contributed by atoms with E-state index in [1.807, 2.05) is 30.3 Å². The summed E-state index contributed by atoms with van der Waals surface area (Å²) in [5.74, 6) is 1.25. The number of nitrogens with two attached hydrogens (primary N) is 1. The molecule has 0 spiro atoms. The van der Waals surface area contributed by atoms with Gasteiger partial charge in [0.05, 0.1) is 25.9 Å². The van der Waals surface area contributed by atoms with E-state index in [0.717, 1.165) is 17.7 Å². The Hall–Kier alpha value is -2.27. The largest absolute Gasteiger partial charge is 0.508 e. The van der Waals surface area contributed by atoms with Gasteiger partial charge in [0.2, 0.25) is 0 Å². The molecular weight excluding hydrogens is 468 g/mol. The summed E-state index contributed by atoms with van der Waals surface area (Å²) in [5, 5.41) is 3.96. The van der Waals surface area contributed by atoms with Crippen LogP contribution in [0.15, 0.2) is 35.5 Å². The van der Waals surface area contributed by atoms with Crippen molar-refractivity contribution in [3.8, 4) is 0 Å². The number of aromatic nitrogens is 2. The molecule has 1 fully saturated rings. The molecule has 0 amide bonds. The van der Waals surface area contributed by atoms with Gasteiger partial charge in [-0.25, -0.2) is 14.8 Å². The topological polar surface area (TPSA) is 118 Å². The Labute approximate surface area is 202 Å². The quantitative estimate of drug-likeness (QED) is 0.130. The molecule has 11 heteroatoms. The molecule has 33 heavy (non-hydrogen) atoms. The minimum absolute atomic E-state index is 0.132. The third kappa shape index (κ3) is 8.22. The molecule has 0 aliphatic carbocycles. The summed E-state index contributed by atoms with van der Waals surface area (Å²) < 4.78 is 21.6. The number of nitrogen functional groups attached to an aromatic ring is 1. The van der Waals surface area contributed by atoms with Crippen LogP contribution in [0.25, 0.3) is 0 Å². The maximum Gasteiger partial charge on any atom is 0.508 e. The molecule has 9 nitrogen and oxygen atoms in total. The molecule has 1 aliphatic rings. The van der Waals surface area contributed by atoms with Gasteiger partial charge >= 0.3 is 6.16 Å². The number of thioether (sulfide) groups is 1. The molecule has 0 radical (unpaired) electrons. The van der Waals surface area contributed by atoms with E-state index >= 15 is 0 Å². The second kappa shape index (κ2) is 13.4. The lowest BCUT2D eigenvalue weighted by Crippen LogP contribution is -2.37. The van der Waals surface area contributed by atoms with E-state index in [0.29, 0.717) is 43.8 Å². The fraction of sp³-hybridized carbons (Fsp3) is 0.500. The SMILES string of the molecule is CCCSc1nc(Cl)c(N)c(NC(CCOCCOCc2ccccc2)C2COC(=O)O2)n1. The summed E-state index contributed by atoms with van der Waals surface area (Å²) in [5.41, 5.74) is 7.45. The molecule has 2 unspecified atom stereocenters. The summed E-state index contributed by atoms with van der Waals surface area (Å²) in [4.78, 5) is 20.2. The van der Waals surface area contributed by atoms with E-state index < -0.39 is 12.3 Å². The predicted octanol–water partition coefficient (Wildman–Crippen LogP) is 4.15. The lowest BCUT2D eigenvalue weighted by atomic mass is 10.1. The van der Waals surface area contributed by atoms with Gasteiger partial charge in [-0.2, -0.15) is 0 Å². The van der Waals surface area contributed by atoms with Crippen molar-refractivity contribution in [2.75, 3.05) is 43.2 Å². The Kier molecular flexibility index (Phi) is 10.3. The maximum absolute atomic E-state index is 11.5. The molecule has 0 saturated carbocycles. The lowest BCUT2D eigenvalue weighted by Gasteiger charge is -2.23. The summed E-state index contributed by atoms with van der Waals surface area (Å²) >= 11 is 7.70. The second-order valence-electron chi connectivity index (χ2n) is 7.32. The van der Waals surface area contributed by atoms with E-state index in [-0.39, 0.29) is 23.5 Å². The average Bonchev–Trinajstić information content (AvgIpc) is 3.26. The van der Waals surface area contributed by atoms with Crippen LogP contribution in [0.3, 0.4) is 0 Å². The Morgan fingerprint density at radius 1 is 1.24 bits per heavy atom. The van der Waals surface area contributed by atoms with Gasteiger partial charge in [0.15, 0.2) is 22.2 Å². The zero-order chi connectivity index (χ0) is 23.5. The summed E-state index contributed by atoms with van der Waals surface area (Å²) in [6.45, 7) is 4.07. The minimum atomic E-state index is -0.699. The summed E-state index contributed by atoms with van der Waals surface area (Å²) in [6, 6.07) is 9.62. The third-order valence-electron chi connectivity index (χ3n) is 4.75. The monoisotopic (exact) mass is 496 g/mol. The number of carbonyl (C=O) groups is 1. The molecule has 3 rings (SSSR count). The minimum Gasteiger partial charge on any atom is -0.430 e. The van der Waals surface area contributed by atoms with Crippen molar-refractivity contribution in [3.63, 3.8) is 0 Å². The zero-order valence-electron chi connectivity index (χ0n) is 18.5. The zero-order valence-corrected chi connectivity index (χ0v) is 20.1. The first kappa shape index (κ1) is 25.4. The van der Waals surface area contributed by atoms with Gasteiger partial charge in [-0.05, 0) is 18.4 Å². The van der Waals surface area contributed by atoms with Crippen LogP contribution in [0.4, 0.5) is 16.3 Å². The smallest absolute Gasteiger partial charge is 0.430 e. The van der Waals surface area contributed by atoms with Crippen molar-refractivity contribution in [1.29, 1.82) is 0 Å². The number of hydrogen-bond acceptors (Lipinski definition) is 10. The van der Waals surface area contributed by atoms with Gasteiger partial charge in [0.25, 0.3) is 0 Å². The summed E-state index contributed by atoms with van der Waals surface area (Å²) in [6.07, 6.45) is 0.298. The highest BCUT2D eigenvalue weighted by molar-refractivity contribution is 7.99. The number of nitrogens with zero attached hydrogens (tertiary/aromatic N) is 2. The number of nitrogens with one attached hydrogen (secondary N) is 1. The Morgan fingerprint density at radius 2 is 2.03 bits per heavy atom. The van der Waals surface area contributed by atoms with Crippen molar-refractivity contribution < 1.29 is 23.7 Å². The first-order valence-corrected chi connectivity index (χ1v) is 12.2. The van der Waals surface area contributed by atoms with Crippen LogP contribution in [0, 0.1) is 0 Å². The molecule has 2 atom stereocenters. The molecule has 0 bridgehead atoms. The molecule has 1 saturated heterocycles. The van der Waals surface area contributed by atoms with Crippen LogP contribution in [-0.2, 0) is 25.6 Å². The van der Waals surface area contributed by atoms with E-state index in [2.05, 4.69) is 22.2 Å². The molecule has 1 aromatic heterocycles. The van der Waals surface area contributed by atoms with Crippen molar-refractivity contribution in [2.24, 2.45) is 0 Å². The first-order chi connectivity index (χ1) is 16.1. The van der Waals surface area contributed by atoms with Crippen LogP contribution in [-0.4, -0.2) is 60.4 Å². The standard InChI is InChI=1S/C22H29ClN4O5S/c1-2-12-33-21-26-19(23)18(24)20(27-21)25-16(17-14-31-22(28)32-17)8-9-29-10-11-30-13-15-6-4-3-5-7-15/h3-7,16-17H,2,8-14,24H2,1H3,(H,25,26,27). The number of cyclic esters (lactones) is 2. The average molecular weight is 497 g/mol. The predicted molar refractivity (Wildman–Crippen MR) is 128 cm³/mol. The molecule has 2 aromatic rings. The number of benzene rings is 1. The van der Waals surface area contributed by atoms with Crippen molar-refractivity contribution in [1.82, 2.24) is 9.97 Å². The highest BCUT2D eigenvalue weighted by atomic mass is 35.5. The van der Waals surface area contributed by atoms with E-state index in [1.54, 1.807) is 0 Å². The van der Waals surface area contributed by atoms with Crippen molar-refractivity contribution in [2.45, 2.75) is 43.7 Å². The van der Waals surface area contributed by atoms with Crippen LogP contribution < -0.4 is 11.1 Å². The number of halogens is 1. The second-order valence-corrected chi connectivity index (χ2v) is 8.74. The number of anilines is 2. The molecule has 3 N–H and O–H groups in total. The molecule has 2 heterocycles. The summed E-state index contributed by atoms with van der Waals surface area (Å²) in [7, 11) is 0. The normalized spacial score (nSPS) is 16.3. The van der Waals surface area contributed by atoms with E-state index in [4.69, 9.17) is 36.3 Å². The highest BCUT2D eigenvalue weighted by Gasteiger charge is 2.33. The van der Waals surface area contributed by atoms with Gasteiger partial charge in [-0.1, -0.05) is 60.6 Å². The lowest BCUT2D eigenvalue weighted by molar-refractivity contribution is 0.0350. The van der Waals surface area contributed by atoms with E-state index in [1.165, 1.54) is 11.8 Å². The van der Waals surface area contributed by atoms with Crippen LogP contribution in [0.2, 0.25) is 5.15 Å². The van der Waals surface area contributed by atoms with Gasteiger partial charge in [-0.15, -0.1) is 0 Å². The van der Waals surface area contributed by atoms with Crippen molar-refractivity contribution >= 4 is 41.0 Å². The van der Waals surface area contributed by atoms with Gasteiger partial charge < -0.3 is 30.0 Å². The third-order valence-corrected chi connectivity index (χ3v) is 6.10. The fourth-order valence-electron chi connectivity index (χ4n) is 3.05. The van der Waals surface area contributed by atoms with Gasteiger partial charge in [0.1, 0.15) is 12.3 Å². The van der Waals surface area contributed by atoms with Gasteiger partial charge in [0, 0.05) is 12.4 Å². The maximum atomic E-state index is 11.5. The molecule has 1 aliphatic heterocycles. The van der Waals surface area contributed by atoms with Crippen LogP contribution in [0.1, 0.15) is 25.3 Å². The number of carbonyl (C=O) groups excluding carboxylic acids is 1. The van der Waals surface area contributed by atoms with E-state index in [9.17, 15) is 4.79 Å². The van der Waals surface area contributed by atoms with Crippen LogP contribution >= 0.6 is 23.4 Å². The Bertz CT molecular complexity index is 893.